The zero-order valence-corrected chi connectivity index (χ0v) is 17.6. The van der Waals surface area contributed by atoms with Crippen molar-refractivity contribution in [1.29, 1.82) is 0 Å². The molecule has 0 bridgehead atoms. The summed E-state index contributed by atoms with van der Waals surface area (Å²) in [4.78, 5) is 25.1. The van der Waals surface area contributed by atoms with Gasteiger partial charge in [0.15, 0.2) is 0 Å². The molecule has 0 spiro atoms. The molecule has 0 aliphatic heterocycles. The number of anilines is 1. The fourth-order valence-electron chi connectivity index (χ4n) is 3.23. The van der Waals surface area contributed by atoms with E-state index < -0.39 is 11.7 Å². The molecule has 0 aliphatic carbocycles. The SMILES string of the molecule is Cn1c(CNC(=O)OC(C)(C)C)c(-c2cccc(N)c2)c2cc(Cl)ccc2c1=O. The fourth-order valence-corrected chi connectivity index (χ4v) is 3.40. The van der Waals surface area contributed by atoms with Gasteiger partial charge >= 0.3 is 6.09 Å². The lowest BCUT2D eigenvalue weighted by atomic mass is 9.96. The lowest BCUT2D eigenvalue weighted by Crippen LogP contribution is -2.34. The third-order valence-electron chi connectivity index (χ3n) is 4.45. The normalized spacial score (nSPS) is 11.5. The average molecular weight is 414 g/mol. The third kappa shape index (κ3) is 4.54. The number of hydrogen-bond donors (Lipinski definition) is 2. The number of nitrogens with two attached hydrogens (primary N) is 1. The van der Waals surface area contributed by atoms with Gasteiger partial charge in [0.25, 0.3) is 5.56 Å². The first kappa shape index (κ1) is 20.7. The summed E-state index contributed by atoms with van der Waals surface area (Å²) in [6, 6.07) is 12.5. The monoisotopic (exact) mass is 413 g/mol. The number of alkyl carbamates (subject to hydrolysis) is 1. The van der Waals surface area contributed by atoms with Crippen LogP contribution in [-0.2, 0) is 18.3 Å². The van der Waals surface area contributed by atoms with Crippen LogP contribution in [0, 0.1) is 0 Å². The number of nitrogens with zero attached hydrogens (tertiary/aromatic N) is 1. The van der Waals surface area contributed by atoms with E-state index in [0.717, 1.165) is 11.1 Å². The highest BCUT2D eigenvalue weighted by molar-refractivity contribution is 6.31. The summed E-state index contributed by atoms with van der Waals surface area (Å²) in [7, 11) is 1.68. The number of nitrogen functional groups attached to an aromatic ring is 1. The van der Waals surface area contributed by atoms with Crippen molar-refractivity contribution in [3.8, 4) is 11.1 Å². The van der Waals surface area contributed by atoms with Gasteiger partial charge in [-0.15, -0.1) is 0 Å². The van der Waals surface area contributed by atoms with E-state index in [4.69, 9.17) is 22.1 Å². The number of hydrogen-bond acceptors (Lipinski definition) is 4. The van der Waals surface area contributed by atoms with Crippen LogP contribution in [0.1, 0.15) is 26.5 Å². The highest BCUT2D eigenvalue weighted by Gasteiger charge is 2.20. The van der Waals surface area contributed by atoms with E-state index >= 15 is 0 Å². The molecule has 0 unspecified atom stereocenters. The summed E-state index contributed by atoms with van der Waals surface area (Å²) in [6.45, 7) is 5.48. The molecule has 0 atom stereocenters. The Bertz CT molecular complexity index is 1150. The van der Waals surface area contributed by atoms with Crippen LogP contribution < -0.4 is 16.6 Å². The van der Waals surface area contributed by atoms with Crippen molar-refractivity contribution in [2.24, 2.45) is 7.05 Å². The second-order valence-electron chi connectivity index (χ2n) is 7.86. The molecule has 29 heavy (non-hydrogen) atoms. The van der Waals surface area contributed by atoms with E-state index in [2.05, 4.69) is 5.32 Å². The Hall–Kier alpha value is -2.99. The number of ether oxygens (including phenoxy) is 1. The van der Waals surface area contributed by atoms with Gasteiger partial charge < -0.3 is 20.4 Å². The van der Waals surface area contributed by atoms with E-state index in [0.29, 0.717) is 27.2 Å². The van der Waals surface area contributed by atoms with Gasteiger partial charge in [0.2, 0.25) is 0 Å². The van der Waals surface area contributed by atoms with E-state index in [9.17, 15) is 9.59 Å². The Morgan fingerprint density at radius 3 is 2.55 bits per heavy atom. The first-order valence-electron chi connectivity index (χ1n) is 9.21. The maximum absolute atomic E-state index is 12.9. The maximum Gasteiger partial charge on any atom is 0.407 e. The van der Waals surface area contributed by atoms with Crippen LogP contribution in [0.15, 0.2) is 47.3 Å². The van der Waals surface area contributed by atoms with Gasteiger partial charge in [-0.05, 0) is 62.1 Å². The molecule has 0 saturated carbocycles. The van der Waals surface area contributed by atoms with Gasteiger partial charge in [0.1, 0.15) is 5.60 Å². The van der Waals surface area contributed by atoms with Crippen molar-refractivity contribution in [1.82, 2.24) is 9.88 Å². The summed E-state index contributed by atoms with van der Waals surface area (Å²) in [5.41, 5.74) is 8.03. The standard InChI is InChI=1S/C22H24ClN3O3/c1-22(2,3)29-21(28)25-12-18-19(13-6-5-7-15(24)10-13)17-11-14(23)8-9-16(17)20(27)26(18)4/h5-11H,12,24H2,1-4H3,(H,25,28). The number of aromatic nitrogens is 1. The van der Waals surface area contributed by atoms with Gasteiger partial charge in [-0.1, -0.05) is 23.7 Å². The molecule has 1 amide bonds. The molecule has 1 aromatic heterocycles. The molecule has 3 N–H and O–H groups in total. The second-order valence-corrected chi connectivity index (χ2v) is 8.29. The van der Waals surface area contributed by atoms with E-state index in [1.165, 1.54) is 4.57 Å². The first-order chi connectivity index (χ1) is 13.6. The Balaban J connectivity index is 2.20. The van der Waals surface area contributed by atoms with Crippen molar-refractivity contribution in [3.63, 3.8) is 0 Å². The highest BCUT2D eigenvalue weighted by atomic mass is 35.5. The molecule has 0 fully saturated rings. The summed E-state index contributed by atoms with van der Waals surface area (Å²) in [5, 5.41) is 4.50. The van der Waals surface area contributed by atoms with Gasteiger partial charge in [0.05, 0.1) is 6.54 Å². The molecular formula is C22H24ClN3O3. The molecule has 0 aliphatic rings. The lowest BCUT2D eigenvalue weighted by Gasteiger charge is -2.21. The molecule has 3 aromatic rings. The molecule has 6 nitrogen and oxygen atoms in total. The molecule has 0 saturated heterocycles. The number of nitrogens with one attached hydrogen (secondary N) is 1. The molecule has 2 aromatic carbocycles. The molecule has 1 heterocycles. The molecule has 3 rings (SSSR count). The Labute approximate surface area is 174 Å². The zero-order chi connectivity index (χ0) is 21.3. The van der Waals surface area contributed by atoms with E-state index in [-0.39, 0.29) is 12.1 Å². The van der Waals surface area contributed by atoms with Gasteiger partial charge in [-0.2, -0.15) is 0 Å². The van der Waals surface area contributed by atoms with Gasteiger partial charge in [-0.25, -0.2) is 4.79 Å². The topological polar surface area (TPSA) is 86.3 Å². The molecular weight excluding hydrogens is 390 g/mol. The van der Waals surface area contributed by atoms with Crippen molar-refractivity contribution < 1.29 is 9.53 Å². The van der Waals surface area contributed by atoms with Crippen LogP contribution in [-0.4, -0.2) is 16.3 Å². The molecule has 0 radical (unpaired) electrons. The predicted octanol–water partition coefficient (Wildman–Crippen LogP) is 4.47. The van der Waals surface area contributed by atoms with Crippen molar-refractivity contribution in [2.75, 3.05) is 5.73 Å². The molecule has 152 valence electrons. The number of amides is 1. The van der Waals surface area contributed by atoms with Crippen LogP contribution in [0.3, 0.4) is 0 Å². The predicted molar refractivity (Wildman–Crippen MR) is 117 cm³/mol. The van der Waals surface area contributed by atoms with Crippen LogP contribution in [0.4, 0.5) is 10.5 Å². The lowest BCUT2D eigenvalue weighted by molar-refractivity contribution is 0.0522. The van der Waals surface area contributed by atoms with Crippen LogP contribution in [0.5, 0.6) is 0 Å². The quantitative estimate of drug-likeness (QED) is 0.620. The fraction of sp³-hybridized carbons (Fsp3) is 0.273. The average Bonchev–Trinajstić information content (AvgIpc) is 2.61. The number of rotatable bonds is 3. The first-order valence-corrected chi connectivity index (χ1v) is 9.58. The highest BCUT2D eigenvalue weighted by Crippen LogP contribution is 2.33. The number of benzene rings is 2. The van der Waals surface area contributed by atoms with Crippen molar-refractivity contribution in [2.45, 2.75) is 32.9 Å². The second kappa shape index (κ2) is 7.79. The van der Waals surface area contributed by atoms with Crippen molar-refractivity contribution in [3.05, 3.63) is 63.5 Å². The number of carbonyl (C=O) groups excluding carboxylic acids is 1. The summed E-state index contributed by atoms with van der Waals surface area (Å²) in [6.07, 6.45) is -0.560. The third-order valence-corrected chi connectivity index (χ3v) is 4.69. The minimum atomic E-state index is -0.621. The number of pyridine rings is 1. The minimum absolute atomic E-state index is 0.104. The Morgan fingerprint density at radius 2 is 1.90 bits per heavy atom. The summed E-state index contributed by atoms with van der Waals surface area (Å²) < 4.78 is 6.86. The largest absolute Gasteiger partial charge is 0.444 e. The van der Waals surface area contributed by atoms with Gasteiger partial charge in [-0.3, -0.25) is 4.79 Å². The molecule has 7 heteroatoms. The van der Waals surface area contributed by atoms with Gasteiger partial charge in [0, 0.05) is 34.4 Å². The smallest absolute Gasteiger partial charge is 0.407 e. The van der Waals surface area contributed by atoms with E-state index in [1.807, 2.05) is 18.2 Å². The summed E-state index contributed by atoms with van der Waals surface area (Å²) in [5.74, 6) is 0. The van der Waals surface area contributed by atoms with Crippen LogP contribution in [0.2, 0.25) is 5.02 Å². The summed E-state index contributed by atoms with van der Waals surface area (Å²) >= 11 is 6.23. The number of fused-ring (bicyclic) bond motifs is 1. The van der Waals surface area contributed by atoms with Crippen LogP contribution >= 0.6 is 11.6 Å². The maximum atomic E-state index is 12.9. The zero-order valence-electron chi connectivity index (χ0n) is 16.9. The number of halogens is 1. The van der Waals surface area contributed by atoms with E-state index in [1.54, 1.807) is 52.1 Å². The number of carbonyl (C=O) groups is 1. The van der Waals surface area contributed by atoms with Crippen LogP contribution in [0.25, 0.3) is 21.9 Å². The minimum Gasteiger partial charge on any atom is -0.444 e. The van der Waals surface area contributed by atoms with Crippen molar-refractivity contribution >= 4 is 34.2 Å². The Morgan fingerprint density at radius 1 is 1.17 bits per heavy atom. The Kier molecular flexibility index (Phi) is 5.57.